The molecule has 0 aliphatic carbocycles. The zero-order chi connectivity index (χ0) is 21.2. The van der Waals surface area contributed by atoms with Crippen molar-refractivity contribution in [1.29, 1.82) is 0 Å². The van der Waals surface area contributed by atoms with E-state index in [9.17, 15) is 9.18 Å². The van der Waals surface area contributed by atoms with Crippen molar-refractivity contribution in [2.45, 2.75) is 36.7 Å². The van der Waals surface area contributed by atoms with E-state index in [0.717, 1.165) is 55.9 Å². The average Bonchev–Trinajstić information content (AvgIpc) is 3.26. The summed E-state index contributed by atoms with van der Waals surface area (Å²) in [5.74, 6) is 1.30. The lowest BCUT2D eigenvalue weighted by molar-refractivity contribution is 0.198. The molecular formula is C23H25FN4O2S. The highest BCUT2D eigenvalue weighted by molar-refractivity contribution is 7.99. The van der Waals surface area contributed by atoms with Crippen LogP contribution in [0.5, 0.6) is 5.75 Å². The molecule has 2 aromatic heterocycles. The molecule has 1 saturated heterocycles. The molecule has 0 atom stereocenters. The number of likely N-dealkylation sites (tertiary alicyclic amines) is 1. The molecular weight excluding hydrogens is 415 g/mol. The summed E-state index contributed by atoms with van der Waals surface area (Å²) in [6, 6.07) is 8.99. The van der Waals surface area contributed by atoms with E-state index in [1.807, 2.05) is 6.20 Å². The number of pyridine rings is 2. The minimum Gasteiger partial charge on any atom is -0.480 e. The van der Waals surface area contributed by atoms with Gasteiger partial charge in [0.2, 0.25) is 5.56 Å². The molecule has 0 spiro atoms. The summed E-state index contributed by atoms with van der Waals surface area (Å²) in [4.78, 5) is 22.5. The SMILES string of the molecule is O=c1ccc2ccc(F)c(CCN3CCC(NCc4cc5c(cn4)OCS5)CC3)c2[nH]1. The molecule has 31 heavy (non-hydrogen) atoms. The highest BCUT2D eigenvalue weighted by Gasteiger charge is 2.20. The van der Waals surface area contributed by atoms with Gasteiger partial charge in [-0.25, -0.2) is 4.39 Å². The summed E-state index contributed by atoms with van der Waals surface area (Å²) in [6.07, 6.45) is 4.50. The number of aromatic amines is 1. The van der Waals surface area contributed by atoms with E-state index in [-0.39, 0.29) is 11.4 Å². The highest BCUT2D eigenvalue weighted by atomic mass is 32.2. The summed E-state index contributed by atoms with van der Waals surface area (Å²) in [5, 5.41) is 4.49. The Kier molecular flexibility index (Phi) is 5.93. The number of rotatable bonds is 6. The van der Waals surface area contributed by atoms with Crippen LogP contribution in [0.2, 0.25) is 0 Å². The van der Waals surface area contributed by atoms with Crippen molar-refractivity contribution in [3.63, 3.8) is 0 Å². The fourth-order valence-electron chi connectivity index (χ4n) is 4.32. The van der Waals surface area contributed by atoms with Gasteiger partial charge in [0.15, 0.2) is 5.75 Å². The summed E-state index contributed by atoms with van der Waals surface area (Å²) >= 11 is 1.71. The first-order valence-electron chi connectivity index (χ1n) is 10.7. The highest BCUT2D eigenvalue weighted by Crippen LogP contribution is 2.35. The molecule has 6 nitrogen and oxygen atoms in total. The van der Waals surface area contributed by atoms with Crippen LogP contribution in [0, 0.1) is 5.82 Å². The maximum Gasteiger partial charge on any atom is 0.248 e. The zero-order valence-corrected chi connectivity index (χ0v) is 18.0. The van der Waals surface area contributed by atoms with Crippen molar-refractivity contribution in [1.82, 2.24) is 20.2 Å². The third-order valence-electron chi connectivity index (χ3n) is 6.10. The largest absolute Gasteiger partial charge is 0.480 e. The Balaban J connectivity index is 1.13. The van der Waals surface area contributed by atoms with Crippen LogP contribution < -0.4 is 15.6 Å². The number of halogens is 1. The predicted octanol–water partition coefficient (Wildman–Crippen LogP) is 3.30. The summed E-state index contributed by atoms with van der Waals surface area (Å²) < 4.78 is 19.9. The summed E-state index contributed by atoms with van der Waals surface area (Å²) in [7, 11) is 0. The normalized spacial score (nSPS) is 17.1. The van der Waals surface area contributed by atoms with Crippen molar-refractivity contribution in [3.8, 4) is 5.75 Å². The minimum absolute atomic E-state index is 0.199. The van der Waals surface area contributed by atoms with Gasteiger partial charge in [-0.05, 0) is 62.0 Å². The molecule has 1 aromatic carbocycles. The number of nitrogens with zero attached hydrogens (tertiary/aromatic N) is 2. The fraction of sp³-hybridized carbons (Fsp3) is 0.391. The number of ether oxygens (including phenoxy) is 1. The molecule has 0 radical (unpaired) electrons. The standard InChI is InChI=1S/C23H25FN4O2S/c24-19-3-1-15-2-4-22(29)27-23(15)18(19)7-10-28-8-5-16(6-9-28)25-12-17-11-21-20(13-26-17)30-14-31-21/h1-4,11,13,16,25H,5-10,12,14H2,(H,27,29). The number of nitrogens with one attached hydrogen (secondary N) is 2. The molecule has 2 N–H and O–H groups in total. The molecule has 162 valence electrons. The molecule has 2 aliphatic rings. The number of hydrogen-bond donors (Lipinski definition) is 2. The molecule has 0 bridgehead atoms. The van der Waals surface area contributed by atoms with Gasteiger partial charge in [-0.3, -0.25) is 9.78 Å². The Hall–Kier alpha value is -2.42. The molecule has 1 fully saturated rings. The van der Waals surface area contributed by atoms with Gasteiger partial charge in [-0.2, -0.15) is 0 Å². The maximum absolute atomic E-state index is 14.4. The Morgan fingerprint density at radius 2 is 2.10 bits per heavy atom. The van der Waals surface area contributed by atoms with E-state index in [1.54, 1.807) is 23.9 Å². The number of fused-ring (bicyclic) bond motifs is 2. The number of H-pyrrole nitrogens is 1. The second kappa shape index (κ2) is 8.98. The molecule has 0 amide bonds. The zero-order valence-electron chi connectivity index (χ0n) is 17.2. The quantitative estimate of drug-likeness (QED) is 0.613. The van der Waals surface area contributed by atoms with Gasteiger partial charge in [0.1, 0.15) is 11.8 Å². The van der Waals surface area contributed by atoms with Crippen molar-refractivity contribution in [2.24, 2.45) is 0 Å². The molecule has 4 heterocycles. The molecule has 0 unspecified atom stereocenters. The van der Waals surface area contributed by atoms with Crippen LogP contribution in [-0.2, 0) is 13.0 Å². The lowest BCUT2D eigenvalue weighted by Gasteiger charge is -2.32. The second-order valence-corrected chi connectivity index (χ2v) is 9.05. The van der Waals surface area contributed by atoms with Gasteiger partial charge in [0.25, 0.3) is 0 Å². The van der Waals surface area contributed by atoms with Crippen molar-refractivity contribution in [3.05, 3.63) is 64.0 Å². The van der Waals surface area contributed by atoms with Gasteiger partial charge >= 0.3 is 0 Å². The van der Waals surface area contributed by atoms with Crippen molar-refractivity contribution in [2.75, 3.05) is 25.6 Å². The lowest BCUT2D eigenvalue weighted by atomic mass is 10.0. The molecule has 3 aromatic rings. The number of piperidine rings is 1. The summed E-state index contributed by atoms with van der Waals surface area (Å²) in [5.41, 5.74) is 2.06. The number of thioether (sulfide) groups is 1. The Morgan fingerprint density at radius 3 is 2.97 bits per heavy atom. The number of hydrogen-bond acceptors (Lipinski definition) is 6. The van der Waals surface area contributed by atoms with E-state index in [0.29, 0.717) is 29.5 Å². The third kappa shape index (κ3) is 4.61. The van der Waals surface area contributed by atoms with Gasteiger partial charge in [-0.1, -0.05) is 11.8 Å². The van der Waals surface area contributed by atoms with Crippen LogP contribution >= 0.6 is 11.8 Å². The number of benzene rings is 1. The van der Waals surface area contributed by atoms with Gasteiger partial charge < -0.3 is 19.9 Å². The first kappa shape index (κ1) is 20.5. The van der Waals surface area contributed by atoms with E-state index in [1.165, 1.54) is 17.0 Å². The van der Waals surface area contributed by atoms with Crippen molar-refractivity contribution < 1.29 is 9.13 Å². The fourth-order valence-corrected chi connectivity index (χ4v) is 5.11. The monoisotopic (exact) mass is 440 g/mol. The topological polar surface area (TPSA) is 70.2 Å². The number of aromatic nitrogens is 2. The van der Waals surface area contributed by atoms with Gasteiger partial charge in [0.05, 0.1) is 22.3 Å². The summed E-state index contributed by atoms with van der Waals surface area (Å²) in [6.45, 7) is 3.49. The van der Waals surface area contributed by atoms with Gasteiger partial charge in [0, 0.05) is 30.8 Å². The average molecular weight is 441 g/mol. The second-order valence-electron chi connectivity index (χ2n) is 8.09. The first-order chi connectivity index (χ1) is 15.2. The smallest absolute Gasteiger partial charge is 0.248 e. The Bertz CT molecular complexity index is 1140. The molecule has 8 heteroatoms. The van der Waals surface area contributed by atoms with E-state index >= 15 is 0 Å². The van der Waals surface area contributed by atoms with E-state index < -0.39 is 0 Å². The van der Waals surface area contributed by atoms with Crippen LogP contribution in [0.3, 0.4) is 0 Å². The third-order valence-corrected chi connectivity index (χ3v) is 6.97. The maximum atomic E-state index is 14.4. The Labute approximate surface area is 184 Å². The molecule has 5 rings (SSSR count). The van der Waals surface area contributed by atoms with Crippen molar-refractivity contribution >= 4 is 22.7 Å². The van der Waals surface area contributed by atoms with E-state index in [4.69, 9.17) is 4.74 Å². The predicted molar refractivity (Wildman–Crippen MR) is 120 cm³/mol. The van der Waals surface area contributed by atoms with Crippen LogP contribution in [0.25, 0.3) is 10.9 Å². The molecule has 2 aliphatic heterocycles. The van der Waals surface area contributed by atoms with Gasteiger partial charge in [-0.15, -0.1) is 0 Å². The molecule has 0 saturated carbocycles. The van der Waals surface area contributed by atoms with Crippen LogP contribution in [0.1, 0.15) is 24.1 Å². The first-order valence-corrected chi connectivity index (χ1v) is 11.6. The minimum atomic E-state index is -0.253. The van der Waals surface area contributed by atoms with Crippen LogP contribution in [0.15, 0.2) is 46.2 Å². The Morgan fingerprint density at radius 1 is 1.26 bits per heavy atom. The van der Waals surface area contributed by atoms with Crippen LogP contribution in [-0.4, -0.2) is 46.5 Å². The van der Waals surface area contributed by atoms with Crippen LogP contribution in [0.4, 0.5) is 4.39 Å². The van der Waals surface area contributed by atoms with E-state index in [2.05, 4.69) is 26.3 Å². The lowest BCUT2D eigenvalue weighted by Crippen LogP contribution is -2.43.